The highest BCUT2D eigenvalue weighted by molar-refractivity contribution is 5.78. The van der Waals surface area contributed by atoms with Gasteiger partial charge in [-0.05, 0) is 12.1 Å². The summed E-state index contributed by atoms with van der Waals surface area (Å²) < 4.78 is 25.7. The lowest BCUT2D eigenvalue weighted by molar-refractivity contribution is 0.591. The second-order valence-corrected chi connectivity index (χ2v) is 2.67. The fourth-order valence-electron chi connectivity index (χ4n) is 1.19. The van der Waals surface area contributed by atoms with Crippen LogP contribution in [0, 0.1) is 11.6 Å². The number of aromatic nitrogens is 1. The van der Waals surface area contributed by atoms with Gasteiger partial charge in [-0.2, -0.15) is 0 Å². The molecule has 0 atom stereocenters. The monoisotopic (exact) mass is 181 g/mol. The summed E-state index contributed by atoms with van der Waals surface area (Å²) in [5.41, 5.74) is -0.206. The number of benzene rings is 1. The fraction of sp³-hybridized carbons (Fsp3) is 0. The molecular formula is C9H5F2NO. The van der Waals surface area contributed by atoms with Crippen LogP contribution < -0.4 is 5.56 Å². The van der Waals surface area contributed by atoms with Gasteiger partial charge in [0, 0.05) is 17.5 Å². The molecule has 1 aromatic carbocycles. The van der Waals surface area contributed by atoms with Crippen LogP contribution in [0.2, 0.25) is 0 Å². The van der Waals surface area contributed by atoms with Gasteiger partial charge in [-0.3, -0.25) is 4.79 Å². The van der Waals surface area contributed by atoms with Gasteiger partial charge in [0.25, 0.3) is 0 Å². The van der Waals surface area contributed by atoms with Gasteiger partial charge in [-0.15, -0.1) is 0 Å². The van der Waals surface area contributed by atoms with Crippen molar-refractivity contribution in [3.05, 3.63) is 46.3 Å². The third kappa shape index (κ3) is 1.30. The molecule has 0 radical (unpaired) electrons. The second kappa shape index (κ2) is 2.65. The lowest BCUT2D eigenvalue weighted by atomic mass is 10.2. The van der Waals surface area contributed by atoms with Gasteiger partial charge in [0.1, 0.15) is 11.6 Å². The van der Waals surface area contributed by atoms with Crippen molar-refractivity contribution in [2.75, 3.05) is 0 Å². The van der Waals surface area contributed by atoms with E-state index in [2.05, 4.69) is 4.98 Å². The normalized spacial score (nSPS) is 10.6. The summed E-state index contributed by atoms with van der Waals surface area (Å²) in [6, 6.07) is 4.38. The first-order chi connectivity index (χ1) is 6.16. The molecule has 1 heterocycles. The van der Waals surface area contributed by atoms with E-state index in [4.69, 9.17) is 0 Å². The van der Waals surface area contributed by atoms with Crippen LogP contribution in [-0.4, -0.2) is 4.98 Å². The highest BCUT2D eigenvalue weighted by atomic mass is 19.1. The first kappa shape index (κ1) is 7.91. The molecule has 2 nitrogen and oxygen atoms in total. The Morgan fingerprint density at radius 3 is 2.69 bits per heavy atom. The van der Waals surface area contributed by atoms with Crippen LogP contribution in [0.15, 0.2) is 29.1 Å². The van der Waals surface area contributed by atoms with E-state index in [-0.39, 0.29) is 16.5 Å². The van der Waals surface area contributed by atoms with Crippen LogP contribution in [0.25, 0.3) is 10.9 Å². The minimum absolute atomic E-state index is 0.171. The summed E-state index contributed by atoms with van der Waals surface area (Å²) in [5, 5.41) is 0.209. The van der Waals surface area contributed by atoms with E-state index in [9.17, 15) is 13.6 Å². The van der Waals surface area contributed by atoms with E-state index in [0.29, 0.717) is 0 Å². The Bertz CT molecular complexity index is 518. The SMILES string of the molecule is O=c1ccc2c(F)cc(F)cc2[nH]1. The Balaban J connectivity index is 2.94. The van der Waals surface area contributed by atoms with Gasteiger partial charge in [-0.1, -0.05) is 0 Å². The fourth-order valence-corrected chi connectivity index (χ4v) is 1.19. The number of halogens is 2. The van der Waals surface area contributed by atoms with Gasteiger partial charge >= 0.3 is 0 Å². The maximum absolute atomic E-state index is 13.0. The molecule has 2 rings (SSSR count). The zero-order valence-corrected chi connectivity index (χ0v) is 6.47. The summed E-state index contributed by atoms with van der Waals surface area (Å²) in [4.78, 5) is 13.1. The summed E-state index contributed by atoms with van der Waals surface area (Å²) >= 11 is 0. The number of pyridine rings is 1. The predicted molar refractivity (Wildman–Crippen MR) is 44.5 cm³/mol. The van der Waals surface area contributed by atoms with Crippen LogP contribution in [0.3, 0.4) is 0 Å². The largest absolute Gasteiger partial charge is 0.322 e. The van der Waals surface area contributed by atoms with Gasteiger partial charge in [0.05, 0.1) is 5.52 Å². The third-order valence-corrected chi connectivity index (χ3v) is 1.75. The molecule has 0 spiro atoms. The van der Waals surface area contributed by atoms with Crippen molar-refractivity contribution in [2.45, 2.75) is 0 Å². The number of nitrogens with one attached hydrogen (secondary N) is 1. The molecule has 0 saturated carbocycles. The van der Waals surface area contributed by atoms with Crippen molar-refractivity contribution >= 4 is 10.9 Å². The van der Waals surface area contributed by atoms with Crippen molar-refractivity contribution < 1.29 is 8.78 Å². The summed E-state index contributed by atoms with van der Waals surface area (Å²) in [6.45, 7) is 0. The van der Waals surface area contributed by atoms with Crippen LogP contribution >= 0.6 is 0 Å². The molecule has 0 bridgehead atoms. The molecular weight excluding hydrogens is 176 g/mol. The molecule has 0 aliphatic heterocycles. The minimum Gasteiger partial charge on any atom is -0.322 e. The van der Waals surface area contributed by atoms with Gasteiger partial charge in [0.2, 0.25) is 5.56 Å². The second-order valence-electron chi connectivity index (χ2n) is 2.67. The Kier molecular flexibility index (Phi) is 1.62. The lowest BCUT2D eigenvalue weighted by Gasteiger charge is -1.98. The number of rotatable bonds is 0. The first-order valence-electron chi connectivity index (χ1n) is 3.65. The molecule has 2 aromatic rings. The molecule has 1 aromatic heterocycles. The zero-order chi connectivity index (χ0) is 9.42. The smallest absolute Gasteiger partial charge is 0.248 e. The average Bonchev–Trinajstić information content (AvgIpc) is 2.02. The quantitative estimate of drug-likeness (QED) is 0.660. The maximum Gasteiger partial charge on any atom is 0.248 e. The molecule has 0 unspecified atom stereocenters. The molecule has 0 fully saturated rings. The zero-order valence-electron chi connectivity index (χ0n) is 6.47. The maximum atomic E-state index is 13.0. The number of fused-ring (bicyclic) bond motifs is 1. The number of hydrogen-bond acceptors (Lipinski definition) is 1. The molecule has 0 aliphatic carbocycles. The highest BCUT2D eigenvalue weighted by Crippen LogP contribution is 2.15. The average molecular weight is 181 g/mol. The molecule has 1 N–H and O–H groups in total. The number of H-pyrrole nitrogens is 1. The van der Waals surface area contributed by atoms with E-state index in [1.807, 2.05) is 0 Å². The van der Waals surface area contributed by atoms with Gasteiger partial charge in [0.15, 0.2) is 0 Å². The van der Waals surface area contributed by atoms with E-state index >= 15 is 0 Å². The summed E-state index contributed by atoms with van der Waals surface area (Å²) in [7, 11) is 0. The van der Waals surface area contributed by atoms with E-state index in [0.717, 1.165) is 12.1 Å². The van der Waals surface area contributed by atoms with Crippen molar-refractivity contribution in [3.63, 3.8) is 0 Å². The number of hydrogen-bond donors (Lipinski definition) is 1. The van der Waals surface area contributed by atoms with Crippen molar-refractivity contribution in [2.24, 2.45) is 0 Å². The lowest BCUT2D eigenvalue weighted by Crippen LogP contribution is -2.03. The predicted octanol–water partition coefficient (Wildman–Crippen LogP) is 1.81. The molecule has 66 valence electrons. The standard InChI is InChI=1S/C9H5F2NO/c10-5-3-7(11)6-1-2-9(13)12-8(6)4-5/h1-4H,(H,12,13). The van der Waals surface area contributed by atoms with Crippen LogP contribution in [-0.2, 0) is 0 Å². The third-order valence-electron chi connectivity index (χ3n) is 1.75. The highest BCUT2D eigenvalue weighted by Gasteiger charge is 2.03. The Hall–Kier alpha value is -1.71. The van der Waals surface area contributed by atoms with Crippen molar-refractivity contribution in [1.29, 1.82) is 0 Å². The molecule has 0 saturated heterocycles. The number of aromatic amines is 1. The van der Waals surface area contributed by atoms with Crippen molar-refractivity contribution in [3.8, 4) is 0 Å². The molecule has 4 heteroatoms. The van der Waals surface area contributed by atoms with Crippen molar-refractivity contribution in [1.82, 2.24) is 4.98 Å². The Labute approximate surface area is 71.8 Å². The molecule has 0 aliphatic rings. The van der Waals surface area contributed by atoms with E-state index < -0.39 is 11.6 Å². The van der Waals surface area contributed by atoms with E-state index in [1.165, 1.54) is 12.1 Å². The van der Waals surface area contributed by atoms with Crippen LogP contribution in [0.1, 0.15) is 0 Å². The van der Waals surface area contributed by atoms with Gasteiger partial charge in [-0.25, -0.2) is 8.78 Å². The van der Waals surface area contributed by atoms with Gasteiger partial charge < -0.3 is 4.98 Å². The molecule has 0 amide bonds. The van der Waals surface area contributed by atoms with Crippen LogP contribution in [0.5, 0.6) is 0 Å². The minimum atomic E-state index is -0.702. The van der Waals surface area contributed by atoms with Crippen LogP contribution in [0.4, 0.5) is 8.78 Å². The topological polar surface area (TPSA) is 32.9 Å². The Morgan fingerprint density at radius 2 is 1.92 bits per heavy atom. The summed E-state index contributed by atoms with van der Waals surface area (Å²) in [5.74, 6) is -1.38. The summed E-state index contributed by atoms with van der Waals surface area (Å²) in [6.07, 6.45) is 0. The first-order valence-corrected chi connectivity index (χ1v) is 3.65. The molecule has 13 heavy (non-hydrogen) atoms. The Morgan fingerprint density at radius 1 is 1.15 bits per heavy atom. The van der Waals surface area contributed by atoms with E-state index in [1.54, 1.807) is 0 Å².